The van der Waals surface area contributed by atoms with E-state index in [0.29, 0.717) is 13.0 Å². The molecule has 120 valence electrons. The van der Waals surface area contributed by atoms with Crippen LogP contribution in [0.5, 0.6) is 0 Å². The van der Waals surface area contributed by atoms with Crippen molar-refractivity contribution in [3.05, 3.63) is 29.3 Å². The second-order valence-corrected chi connectivity index (χ2v) is 6.43. The maximum absolute atomic E-state index is 12.3. The van der Waals surface area contributed by atoms with Crippen LogP contribution in [0.1, 0.15) is 44.4 Å². The maximum atomic E-state index is 12.3. The second-order valence-electron chi connectivity index (χ2n) is 6.43. The van der Waals surface area contributed by atoms with Crippen molar-refractivity contribution in [2.24, 2.45) is 5.73 Å². The normalized spacial score (nSPS) is 15.4. The Hall–Kier alpha value is -2.08. The van der Waals surface area contributed by atoms with Crippen LogP contribution < -0.4 is 10.6 Å². The molecule has 1 heterocycles. The van der Waals surface area contributed by atoms with Gasteiger partial charge in [0.2, 0.25) is 0 Å². The first-order valence-electron chi connectivity index (χ1n) is 7.28. The highest BCUT2D eigenvalue weighted by Crippen LogP contribution is 2.34. The van der Waals surface area contributed by atoms with Crippen molar-refractivity contribution in [2.75, 3.05) is 11.4 Å². The summed E-state index contributed by atoms with van der Waals surface area (Å²) in [7, 11) is 0. The van der Waals surface area contributed by atoms with Gasteiger partial charge in [-0.05, 0) is 44.4 Å². The molecule has 1 aromatic carbocycles. The molecule has 6 heteroatoms. The maximum Gasteiger partial charge on any atom is 0.414 e. The summed E-state index contributed by atoms with van der Waals surface area (Å²) in [6, 6.07) is 4.87. The lowest BCUT2D eigenvalue weighted by Gasteiger charge is -2.25. The predicted molar refractivity (Wildman–Crippen MR) is 82.9 cm³/mol. The smallest absolute Gasteiger partial charge is 0.414 e. The molecule has 0 aliphatic carbocycles. The van der Waals surface area contributed by atoms with Crippen molar-refractivity contribution in [3.8, 4) is 0 Å². The number of ether oxygens (including phenoxy) is 1. The third-order valence-corrected chi connectivity index (χ3v) is 3.47. The summed E-state index contributed by atoms with van der Waals surface area (Å²) in [5.74, 6) is -0.938. The van der Waals surface area contributed by atoms with E-state index in [1.165, 1.54) is 0 Å². The van der Waals surface area contributed by atoms with Gasteiger partial charge in [0.25, 0.3) is 0 Å². The number of hydrogen-bond donors (Lipinski definition) is 2. The summed E-state index contributed by atoms with van der Waals surface area (Å²) < 4.78 is 5.41. The summed E-state index contributed by atoms with van der Waals surface area (Å²) >= 11 is 0. The van der Waals surface area contributed by atoms with Gasteiger partial charge in [-0.2, -0.15) is 0 Å². The van der Waals surface area contributed by atoms with Crippen LogP contribution >= 0.6 is 0 Å². The molecule has 1 aromatic rings. The molecule has 6 nitrogen and oxygen atoms in total. The monoisotopic (exact) mass is 306 g/mol. The average Bonchev–Trinajstić information content (AvgIpc) is 2.79. The van der Waals surface area contributed by atoms with Crippen LogP contribution in [-0.2, 0) is 16.0 Å². The quantitative estimate of drug-likeness (QED) is 0.894. The molecule has 1 amide bonds. The van der Waals surface area contributed by atoms with Crippen molar-refractivity contribution in [1.82, 2.24) is 0 Å². The van der Waals surface area contributed by atoms with Gasteiger partial charge in [-0.25, -0.2) is 4.79 Å². The zero-order chi connectivity index (χ0) is 16.5. The van der Waals surface area contributed by atoms with E-state index in [9.17, 15) is 9.59 Å². The van der Waals surface area contributed by atoms with Crippen molar-refractivity contribution in [3.63, 3.8) is 0 Å². The number of carboxylic acids is 1. The number of carbonyl (C=O) groups is 2. The van der Waals surface area contributed by atoms with E-state index in [1.807, 2.05) is 32.9 Å². The van der Waals surface area contributed by atoms with Gasteiger partial charge >= 0.3 is 12.1 Å². The number of carboxylic acid groups (broad SMARTS) is 1. The van der Waals surface area contributed by atoms with E-state index in [-0.39, 0.29) is 6.42 Å². The first-order valence-corrected chi connectivity index (χ1v) is 7.28. The lowest BCUT2D eigenvalue weighted by Crippen LogP contribution is -2.35. The largest absolute Gasteiger partial charge is 0.481 e. The number of aliphatic carboxylic acids is 1. The van der Waals surface area contributed by atoms with Crippen molar-refractivity contribution >= 4 is 17.7 Å². The Labute approximate surface area is 129 Å². The highest BCUT2D eigenvalue weighted by Gasteiger charge is 2.31. The minimum atomic E-state index is -0.938. The Kier molecular flexibility index (Phi) is 4.42. The fourth-order valence-electron chi connectivity index (χ4n) is 2.61. The number of nitrogens with zero attached hydrogens (tertiary/aromatic N) is 1. The molecule has 1 atom stereocenters. The van der Waals surface area contributed by atoms with Gasteiger partial charge in [0.05, 0.1) is 12.1 Å². The fourth-order valence-corrected chi connectivity index (χ4v) is 2.61. The molecule has 3 N–H and O–H groups in total. The van der Waals surface area contributed by atoms with E-state index >= 15 is 0 Å². The summed E-state index contributed by atoms with van der Waals surface area (Å²) in [5.41, 5.74) is 7.89. The van der Waals surface area contributed by atoms with E-state index in [2.05, 4.69) is 0 Å². The van der Waals surface area contributed by atoms with Gasteiger partial charge in [-0.15, -0.1) is 0 Å². The minimum absolute atomic E-state index is 0.136. The van der Waals surface area contributed by atoms with Gasteiger partial charge in [0.1, 0.15) is 5.60 Å². The number of nitrogens with two attached hydrogens (primary N) is 1. The summed E-state index contributed by atoms with van der Waals surface area (Å²) in [6.45, 7) is 5.98. The molecular formula is C16H22N2O4. The standard InChI is InChI=1S/C16H22N2O4/c1-16(2,3)22-15(21)18-8-7-11-10(5-4-6-13(11)18)12(17)9-14(19)20/h4-6,12H,7-9,17H2,1-3H3,(H,19,20). The predicted octanol–water partition coefficient (Wildman–Crippen LogP) is 2.46. The third kappa shape index (κ3) is 3.57. The van der Waals surface area contributed by atoms with Crippen LogP contribution in [0.15, 0.2) is 18.2 Å². The summed E-state index contributed by atoms with van der Waals surface area (Å²) in [6.07, 6.45) is 0.122. The number of rotatable bonds is 3. The average molecular weight is 306 g/mol. The molecule has 2 rings (SSSR count). The van der Waals surface area contributed by atoms with Crippen LogP contribution in [0.4, 0.5) is 10.5 Å². The summed E-state index contributed by atoms with van der Waals surface area (Å²) in [5, 5.41) is 8.90. The van der Waals surface area contributed by atoms with Gasteiger partial charge in [-0.3, -0.25) is 9.69 Å². The fraction of sp³-hybridized carbons (Fsp3) is 0.500. The Morgan fingerprint density at radius 2 is 2.09 bits per heavy atom. The van der Waals surface area contributed by atoms with Gasteiger partial charge in [0.15, 0.2) is 0 Å². The molecule has 1 aliphatic heterocycles. The molecular weight excluding hydrogens is 284 g/mol. The van der Waals surface area contributed by atoms with Crippen LogP contribution in [0.25, 0.3) is 0 Å². The Balaban J connectivity index is 2.26. The van der Waals surface area contributed by atoms with E-state index < -0.39 is 23.7 Å². The molecule has 0 aromatic heterocycles. The molecule has 0 saturated heterocycles. The Morgan fingerprint density at radius 1 is 1.41 bits per heavy atom. The number of anilines is 1. The Morgan fingerprint density at radius 3 is 2.68 bits per heavy atom. The van der Waals surface area contributed by atoms with Crippen LogP contribution in [0, 0.1) is 0 Å². The first kappa shape index (κ1) is 16.3. The van der Waals surface area contributed by atoms with Gasteiger partial charge in [0, 0.05) is 12.6 Å². The molecule has 0 radical (unpaired) electrons. The molecule has 0 fully saturated rings. The molecule has 22 heavy (non-hydrogen) atoms. The lowest BCUT2D eigenvalue weighted by atomic mass is 9.97. The third-order valence-electron chi connectivity index (χ3n) is 3.47. The van der Waals surface area contributed by atoms with E-state index in [4.69, 9.17) is 15.6 Å². The zero-order valence-electron chi connectivity index (χ0n) is 13.1. The molecule has 1 aliphatic rings. The van der Waals surface area contributed by atoms with Crippen molar-refractivity contribution in [2.45, 2.75) is 45.3 Å². The minimum Gasteiger partial charge on any atom is -0.481 e. The molecule has 0 spiro atoms. The van der Waals surface area contributed by atoms with Crippen LogP contribution in [0.3, 0.4) is 0 Å². The SMILES string of the molecule is CC(C)(C)OC(=O)N1CCc2c(C(N)CC(=O)O)cccc21. The van der Waals surface area contributed by atoms with E-state index in [0.717, 1.165) is 16.8 Å². The molecule has 1 unspecified atom stereocenters. The molecule has 0 bridgehead atoms. The zero-order valence-corrected chi connectivity index (χ0v) is 13.1. The van der Waals surface area contributed by atoms with Crippen molar-refractivity contribution in [1.29, 1.82) is 0 Å². The van der Waals surface area contributed by atoms with Crippen LogP contribution in [-0.4, -0.2) is 29.3 Å². The highest BCUT2D eigenvalue weighted by molar-refractivity contribution is 5.91. The molecule has 0 saturated carbocycles. The number of fused-ring (bicyclic) bond motifs is 1. The van der Waals surface area contributed by atoms with Crippen LogP contribution in [0.2, 0.25) is 0 Å². The van der Waals surface area contributed by atoms with E-state index in [1.54, 1.807) is 11.0 Å². The van der Waals surface area contributed by atoms with Gasteiger partial charge in [-0.1, -0.05) is 12.1 Å². The first-order chi connectivity index (χ1) is 10.2. The number of hydrogen-bond acceptors (Lipinski definition) is 4. The topological polar surface area (TPSA) is 92.9 Å². The van der Waals surface area contributed by atoms with Crippen molar-refractivity contribution < 1.29 is 19.4 Å². The highest BCUT2D eigenvalue weighted by atomic mass is 16.6. The Bertz CT molecular complexity index is 592. The summed E-state index contributed by atoms with van der Waals surface area (Å²) in [4.78, 5) is 24.7. The number of benzene rings is 1. The number of amides is 1. The number of carbonyl (C=O) groups excluding carboxylic acids is 1. The second kappa shape index (κ2) is 5.96. The van der Waals surface area contributed by atoms with Gasteiger partial charge < -0.3 is 15.6 Å². The lowest BCUT2D eigenvalue weighted by molar-refractivity contribution is -0.137.